The van der Waals surface area contributed by atoms with E-state index >= 15 is 0 Å². The first-order valence-corrected chi connectivity index (χ1v) is 6.20. The van der Waals surface area contributed by atoms with E-state index in [-0.39, 0.29) is 11.2 Å². The summed E-state index contributed by atoms with van der Waals surface area (Å²) in [6, 6.07) is 16.1. The lowest BCUT2D eigenvalue weighted by molar-refractivity contribution is 0.312. The first-order chi connectivity index (χ1) is 9.16. The van der Waals surface area contributed by atoms with Crippen LogP contribution in [0.25, 0.3) is 0 Å². The molecule has 0 fully saturated rings. The molecule has 98 valence electrons. The number of hydrogen-bond donors (Lipinski definition) is 1. The Kier molecular flexibility index (Phi) is 4.31. The average Bonchev–Trinajstić information content (AvgIpc) is 2.58. The first kappa shape index (κ1) is 13.3. The highest BCUT2D eigenvalue weighted by atomic mass is 16.3. The molecular weight excluding hydrogens is 238 g/mol. The van der Waals surface area contributed by atoms with Gasteiger partial charge in [0.1, 0.15) is 5.75 Å². The van der Waals surface area contributed by atoms with Gasteiger partial charge in [-0.2, -0.15) is 0 Å². The van der Waals surface area contributed by atoms with Crippen LogP contribution >= 0.6 is 0 Å². The summed E-state index contributed by atoms with van der Waals surface area (Å²) in [4.78, 5) is 13.8. The Labute approximate surface area is 112 Å². The van der Waals surface area contributed by atoms with Gasteiger partial charge in [0, 0.05) is 24.2 Å². The van der Waals surface area contributed by atoms with Gasteiger partial charge in [-0.25, -0.2) is 0 Å². The third kappa shape index (κ3) is 3.66. The van der Waals surface area contributed by atoms with Crippen LogP contribution in [0.4, 0.5) is 0 Å². The number of hydrogen-bond acceptors (Lipinski definition) is 3. The minimum Gasteiger partial charge on any atom is -0.508 e. The maximum absolute atomic E-state index is 11.8. The smallest absolute Gasteiger partial charge is 0.183 e. The van der Waals surface area contributed by atoms with Crippen LogP contribution in [0.5, 0.6) is 5.75 Å². The number of para-hydroxylation sites is 1. The van der Waals surface area contributed by atoms with Crippen molar-refractivity contribution in [2.75, 3.05) is 7.05 Å². The molecule has 0 atom stereocenters. The van der Waals surface area contributed by atoms with E-state index in [0.717, 1.165) is 11.1 Å². The molecule has 2 rings (SSSR count). The van der Waals surface area contributed by atoms with Gasteiger partial charge in [0.15, 0.2) is 5.43 Å². The number of phenolic OH excluding ortho intramolecular Hbond substituents is 1. The van der Waals surface area contributed by atoms with Gasteiger partial charge in [0.05, 0.1) is 0 Å². The summed E-state index contributed by atoms with van der Waals surface area (Å²) >= 11 is 0. The molecule has 0 aliphatic carbocycles. The Morgan fingerprint density at radius 1 is 0.895 bits per heavy atom. The summed E-state index contributed by atoms with van der Waals surface area (Å²) in [5.74, 6) is 0.287. The van der Waals surface area contributed by atoms with Crippen molar-refractivity contribution >= 4 is 0 Å². The van der Waals surface area contributed by atoms with Crippen LogP contribution in [0.3, 0.4) is 0 Å². The second-order valence-corrected chi connectivity index (χ2v) is 4.60. The molecule has 0 aromatic heterocycles. The van der Waals surface area contributed by atoms with Crippen LogP contribution in [0.2, 0.25) is 0 Å². The minimum atomic E-state index is 0.0362. The molecule has 3 heteroatoms. The van der Waals surface area contributed by atoms with E-state index in [0.29, 0.717) is 13.1 Å². The minimum absolute atomic E-state index is 0.0362. The van der Waals surface area contributed by atoms with E-state index < -0.39 is 0 Å². The van der Waals surface area contributed by atoms with Crippen LogP contribution in [0, 0.1) is 0 Å². The number of aromatic hydroxyl groups is 1. The van der Waals surface area contributed by atoms with Crippen molar-refractivity contribution < 1.29 is 5.11 Å². The van der Waals surface area contributed by atoms with E-state index in [9.17, 15) is 9.90 Å². The van der Waals surface area contributed by atoms with E-state index in [1.807, 2.05) is 42.3 Å². The summed E-state index contributed by atoms with van der Waals surface area (Å²) in [7, 11) is 1.93. The Hall–Kier alpha value is -2.13. The van der Waals surface area contributed by atoms with Crippen molar-refractivity contribution in [2.24, 2.45) is 0 Å². The summed E-state index contributed by atoms with van der Waals surface area (Å²) in [5, 5.41) is 9.73. The molecule has 0 aliphatic rings. The summed E-state index contributed by atoms with van der Waals surface area (Å²) in [6.45, 7) is 1.16. The highest BCUT2D eigenvalue weighted by Gasteiger charge is 2.06. The normalized spacial score (nSPS) is 10.6. The molecule has 1 N–H and O–H groups in total. The Bertz CT molecular complexity index is 610. The van der Waals surface area contributed by atoms with Gasteiger partial charge in [-0.1, -0.05) is 42.5 Å². The highest BCUT2D eigenvalue weighted by molar-refractivity contribution is 5.31. The lowest BCUT2D eigenvalue weighted by atomic mass is 10.2. The summed E-state index contributed by atoms with van der Waals surface area (Å²) in [6.07, 6.45) is 0. The maximum Gasteiger partial charge on any atom is 0.183 e. The third-order valence-electron chi connectivity index (χ3n) is 2.96. The van der Waals surface area contributed by atoms with Crippen LogP contribution in [-0.4, -0.2) is 17.1 Å². The van der Waals surface area contributed by atoms with Gasteiger partial charge in [0.2, 0.25) is 0 Å². The van der Waals surface area contributed by atoms with E-state index in [4.69, 9.17) is 0 Å². The molecule has 3 nitrogen and oxygen atoms in total. The predicted octanol–water partition coefficient (Wildman–Crippen LogP) is 2.38. The van der Waals surface area contributed by atoms with Gasteiger partial charge < -0.3 is 5.11 Å². The number of nitrogens with zero attached hydrogens (tertiary/aromatic N) is 1. The van der Waals surface area contributed by atoms with E-state index in [1.165, 1.54) is 0 Å². The van der Waals surface area contributed by atoms with Crippen LogP contribution in [0.15, 0.2) is 59.4 Å². The van der Waals surface area contributed by atoms with Crippen molar-refractivity contribution in [3.8, 4) is 5.75 Å². The molecule has 0 unspecified atom stereocenters. The second kappa shape index (κ2) is 6.16. The van der Waals surface area contributed by atoms with Crippen molar-refractivity contribution in [1.82, 2.24) is 4.90 Å². The number of phenols is 1. The molecule has 2 aromatic rings. The average molecular weight is 255 g/mol. The Morgan fingerprint density at radius 2 is 1.47 bits per heavy atom. The van der Waals surface area contributed by atoms with E-state index in [1.54, 1.807) is 24.3 Å². The number of benzene rings is 1. The molecule has 0 amide bonds. The molecular formula is C16H17NO2. The van der Waals surface area contributed by atoms with Crippen molar-refractivity contribution in [1.29, 1.82) is 0 Å². The molecule has 0 bridgehead atoms. The van der Waals surface area contributed by atoms with Crippen molar-refractivity contribution in [3.63, 3.8) is 0 Å². The van der Waals surface area contributed by atoms with E-state index in [2.05, 4.69) is 0 Å². The summed E-state index contributed by atoms with van der Waals surface area (Å²) in [5.41, 5.74) is 1.65. The highest BCUT2D eigenvalue weighted by Crippen LogP contribution is 2.17. The zero-order valence-corrected chi connectivity index (χ0v) is 10.9. The SMILES string of the molecule is CN(Cc1ccccc1O)Cc1cccccc1=O. The fraction of sp³-hybridized carbons (Fsp3) is 0.188. The van der Waals surface area contributed by atoms with Crippen molar-refractivity contribution in [3.05, 3.63) is 75.9 Å². The first-order valence-electron chi connectivity index (χ1n) is 6.20. The maximum atomic E-state index is 11.8. The van der Waals surface area contributed by atoms with Gasteiger partial charge >= 0.3 is 0 Å². The summed E-state index contributed by atoms with van der Waals surface area (Å²) < 4.78 is 0. The Morgan fingerprint density at radius 3 is 2.26 bits per heavy atom. The van der Waals surface area contributed by atoms with Gasteiger partial charge in [-0.15, -0.1) is 0 Å². The molecule has 0 spiro atoms. The fourth-order valence-electron chi connectivity index (χ4n) is 1.98. The monoisotopic (exact) mass is 255 g/mol. The van der Waals surface area contributed by atoms with Crippen LogP contribution in [0.1, 0.15) is 11.1 Å². The zero-order chi connectivity index (χ0) is 13.7. The molecule has 0 aliphatic heterocycles. The van der Waals surface area contributed by atoms with Gasteiger partial charge in [-0.05, 0) is 19.2 Å². The molecule has 0 saturated carbocycles. The Balaban J connectivity index is 2.10. The predicted molar refractivity (Wildman–Crippen MR) is 76.0 cm³/mol. The largest absolute Gasteiger partial charge is 0.508 e. The molecule has 0 heterocycles. The third-order valence-corrected chi connectivity index (χ3v) is 2.96. The second-order valence-electron chi connectivity index (χ2n) is 4.60. The standard InChI is InChI=1S/C16H17NO2/c1-17(12-14-8-5-6-10-16(14)19)11-13-7-3-2-4-9-15(13)18/h2-10,19H,11-12H2,1H3. The van der Waals surface area contributed by atoms with Crippen LogP contribution in [-0.2, 0) is 13.1 Å². The molecule has 19 heavy (non-hydrogen) atoms. The quantitative estimate of drug-likeness (QED) is 0.912. The van der Waals surface area contributed by atoms with Gasteiger partial charge in [0.25, 0.3) is 0 Å². The fourth-order valence-corrected chi connectivity index (χ4v) is 1.98. The van der Waals surface area contributed by atoms with Gasteiger partial charge in [-0.3, -0.25) is 9.69 Å². The lowest BCUT2D eigenvalue weighted by Crippen LogP contribution is -2.20. The lowest BCUT2D eigenvalue weighted by Gasteiger charge is -2.16. The molecule has 2 aromatic carbocycles. The zero-order valence-electron chi connectivity index (χ0n) is 10.9. The molecule has 0 saturated heterocycles. The topological polar surface area (TPSA) is 40.5 Å². The van der Waals surface area contributed by atoms with Crippen LogP contribution < -0.4 is 5.43 Å². The number of rotatable bonds is 4. The molecule has 0 radical (unpaired) electrons. The van der Waals surface area contributed by atoms with Crippen molar-refractivity contribution in [2.45, 2.75) is 13.1 Å².